The number of nitro groups is 1. The Morgan fingerprint density at radius 1 is 1.29 bits per heavy atom. The van der Waals surface area contributed by atoms with E-state index in [1.54, 1.807) is 18.2 Å². The maximum atomic E-state index is 12.1. The minimum absolute atomic E-state index is 0.00627. The quantitative estimate of drug-likeness (QED) is 0.694. The molecule has 0 aromatic heterocycles. The van der Waals surface area contributed by atoms with E-state index in [0.29, 0.717) is 11.3 Å². The molecule has 0 aliphatic carbocycles. The highest BCUT2D eigenvalue weighted by atomic mass is 35.5. The predicted molar refractivity (Wildman–Crippen MR) is 77.2 cm³/mol. The second kappa shape index (κ2) is 6.03. The molecule has 7 heteroatoms. The molecule has 2 aromatic rings. The van der Waals surface area contributed by atoms with Crippen LogP contribution in [0.3, 0.4) is 0 Å². The molecule has 2 rings (SSSR count). The number of rotatable bonds is 3. The van der Waals surface area contributed by atoms with Gasteiger partial charge in [-0.1, -0.05) is 23.7 Å². The van der Waals surface area contributed by atoms with Crippen molar-refractivity contribution in [3.8, 4) is 6.07 Å². The Hall–Kier alpha value is -2.91. The number of carbonyl (C=O) groups is 1. The molecule has 0 aliphatic heterocycles. The predicted octanol–water partition coefficient (Wildman–Crippen LogP) is 3.37. The molecule has 0 aliphatic rings. The van der Waals surface area contributed by atoms with Gasteiger partial charge in [0.25, 0.3) is 11.6 Å². The topological polar surface area (TPSA) is 96.0 Å². The first-order valence-electron chi connectivity index (χ1n) is 5.77. The smallest absolute Gasteiger partial charge is 0.288 e. The number of hydrogen-bond donors (Lipinski definition) is 1. The standard InChI is InChI=1S/C14H8ClN3O3/c15-13-11(5-2-6-12(13)18(20)21)14(19)17-10-4-1-3-9(7-10)8-16/h1-7H,(H,17,19). The van der Waals surface area contributed by atoms with Crippen LogP contribution in [0.5, 0.6) is 0 Å². The van der Waals surface area contributed by atoms with Crippen molar-refractivity contribution in [3.05, 3.63) is 68.7 Å². The fraction of sp³-hybridized carbons (Fsp3) is 0. The summed E-state index contributed by atoms with van der Waals surface area (Å²) >= 11 is 5.87. The van der Waals surface area contributed by atoms with Crippen molar-refractivity contribution in [2.24, 2.45) is 0 Å². The van der Waals surface area contributed by atoms with Crippen molar-refractivity contribution in [2.75, 3.05) is 5.32 Å². The third-order valence-corrected chi connectivity index (χ3v) is 3.07. The normalized spacial score (nSPS) is 9.71. The Labute approximate surface area is 124 Å². The Morgan fingerprint density at radius 2 is 2.00 bits per heavy atom. The number of benzene rings is 2. The van der Waals surface area contributed by atoms with Crippen LogP contribution in [0.1, 0.15) is 15.9 Å². The molecule has 0 radical (unpaired) electrons. The van der Waals surface area contributed by atoms with Crippen LogP contribution in [0.25, 0.3) is 0 Å². The fourth-order valence-corrected chi connectivity index (χ4v) is 1.98. The molecule has 104 valence electrons. The fourth-order valence-electron chi connectivity index (χ4n) is 1.70. The SMILES string of the molecule is N#Cc1cccc(NC(=O)c2cccc([N+](=O)[O-])c2Cl)c1. The van der Waals surface area contributed by atoms with Gasteiger partial charge in [-0.25, -0.2) is 0 Å². The van der Waals surface area contributed by atoms with Crippen molar-refractivity contribution >= 4 is 28.9 Å². The van der Waals surface area contributed by atoms with Gasteiger partial charge >= 0.3 is 0 Å². The number of anilines is 1. The Morgan fingerprint density at radius 3 is 2.67 bits per heavy atom. The highest BCUT2D eigenvalue weighted by molar-refractivity contribution is 6.36. The number of nitriles is 1. The summed E-state index contributed by atoms with van der Waals surface area (Å²) in [6.45, 7) is 0. The zero-order chi connectivity index (χ0) is 15.4. The third-order valence-electron chi connectivity index (χ3n) is 2.67. The number of hydrogen-bond acceptors (Lipinski definition) is 4. The summed E-state index contributed by atoms with van der Waals surface area (Å²) in [7, 11) is 0. The van der Waals surface area contributed by atoms with E-state index >= 15 is 0 Å². The maximum absolute atomic E-state index is 12.1. The summed E-state index contributed by atoms with van der Waals surface area (Å²) in [6, 6.07) is 12.2. The first kappa shape index (κ1) is 14.5. The molecule has 1 amide bonds. The Bertz CT molecular complexity index is 768. The van der Waals surface area contributed by atoms with E-state index < -0.39 is 10.8 Å². The number of nitrogens with zero attached hydrogens (tertiary/aromatic N) is 2. The number of nitrogens with one attached hydrogen (secondary N) is 1. The van der Waals surface area contributed by atoms with Crippen LogP contribution < -0.4 is 5.32 Å². The molecule has 0 heterocycles. The molecule has 0 fully saturated rings. The van der Waals surface area contributed by atoms with Crippen LogP contribution in [0.15, 0.2) is 42.5 Å². The molecular weight excluding hydrogens is 294 g/mol. The largest absolute Gasteiger partial charge is 0.322 e. The maximum Gasteiger partial charge on any atom is 0.288 e. The zero-order valence-corrected chi connectivity index (χ0v) is 11.3. The van der Waals surface area contributed by atoms with Gasteiger partial charge < -0.3 is 5.32 Å². The molecule has 0 bridgehead atoms. The summed E-state index contributed by atoms with van der Waals surface area (Å²) in [4.78, 5) is 22.2. The van der Waals surface area contributed by atoms with Gasteiger partial charge in [0.05, 0.1) is 22.1 Å². The molecule has 0 spiro atoms. The molecule has 0 saturated carbocycles. The van der Waals surface area contributed by atoms with E-state index in [1.165, 1.54) is 24.3 Å². The van der Waals surface area contributed by atoms with Gasteiger partial charge in [-0.05, 0) is 24.3 Å². The minimum atomic E-state index is -0.657. The molecule has 2 aromatic carbocycles. The van der Waals surface area contributed by atoms with E-state index in [0.717, 1.165) is 0 Å². The molecule has 21 heavy (non-hydrogen) atoms. The Balaban J connectivity index is 2.31. The summed E-state index contributed by atoms with van der Waals surface area (Å²) in [5, 5.41) is 21.9. The minimum Gasteiger partial charge on any atom is -0.322 e. The third kappa shape index (κ3) is 3.16. The molecule has 0 saturated heterocycles. The van der Waals surface area contributed by atoms with E-state index in [1.807, 2.05) is 6.07 Å². The summed E-state index contributed by atoms with van der Waals surface area (Å²) in [5.41, 5.74) is 0.447. The number of amides is 1. The first-order valence-corrected chi connectivity index (χ1v) is 6.15. The Kier molecular flexibility index (Phi) is 4.16. The lowest BCUT2D eigenvalue weighted by Gasteiger charge is -2.07. The van der Waals surface area contributed by atoms with Crippen LogP contribution in [-0.2, 0) is 0 Å². The monoisotopic (exact) mass is 301 g/mol. The lowest BCUT2D eigenvalue weighted by Crippen LogP contribution is -2.13. The van der Waals surface area contributed by atoms with E-state index in [-0.39, 0.29) is 16.3 Å². The highest BCUT2D eigenvalue weighted by Gasteiger charge is 2.19. The second-order valence-corrected chi connectivity index (χ2v) is 4.42. The highest BCUT2D eigenvalue weighted by Crippen LogP contribution is 2.28. The summed E-state index contributed by atoms with van der Waals surface area (Å²) in [6.07, 6.45) is 0. The lowest BCUT2D eigenvalue weighted by molar-refractivity contribution is -0.384. The van der Waals surface area contributed by atoms with Crippen LogP contribution >= 0.6 is 11.6 Å². The van der Waals surface area contributed by atoms with Crippen LogP contribution in [-0.4, -0.2) is 10.8 Å². The second-order valence-electron chi connectivity index (χ2n) is 4.04. The number of halogens is 1. The van der Waals surface area contributed by atoms with E-state index in [4.69, 9.17) is 16.9 Å². The summed E-state index contributed by atoms with van der Waals surface area (Å²) < 4.78 is 0. The van der Waals surface area contributed by atoms with Crippen LogP contribution in [0, 0.1) is 21.4 Å². The van der Waals surface area contributed by atoms with E-state index in [9.17, 15) is 14.9 Å². The molecule has 6 nitrogen and oxygen atoms in total. The first-order chi connectivity index (χ1) is 10.0. The van der Waals surface area contributed by atoms with E-state index in [2.05, 4.69) is 5.32 Å². The average molecular weight is 302 g/mol. The van der Waals surface area contributed by atoms with Crippen molar-refractivity contribution in [1.82, 2.24) is 0 Å². The van der Waals surface area contributed by atoms with Crippen LogP contribution in [0.2, 0.25) is 5.02 Å². The average Bonchev–Trinajstić information content (AvgIpc) is 2.47. The molecule has 1 N–H and O–H groups in total. The van der Waals surface area contributed by atoms with Crippen molar-refractivity contribution < 1.29 is 9.72 Å². The number of nitro benzene ring substituents is 1. The van der Waals surface area contributed by atoms with Crippen molar-refractivity contribution in [2.45, 2.75) is 0 Å². The molecule has 0 atom stereocenters. The summed E-state index contributed by atoms with van der Waals surface area (Å²) in [5.74, 6) is -0.584. The van der Waals surface area contributed by atoms with Gasteiger partial charge in [0, 0.05) is 11.8 Å². The number of carbonyl (C=O) groups excluding carboxylic acids is 1. The molecular formula is C14H8ClN3O3. The van der Waals surface area contributed by atoms with Gasteiger partial charge in [0.1, 0.15) is 5.02 Å². The zero-order valence-electron chi connectivity index (χ0n) is 10.5. The lowest BCUT2D eigenvalue weighted by atomic mass is 10.1. The molecule has 0 unspecified atom stereocenters. The van der Waals surface area contributed by atoms with Gasteiger partial charge in [-0.3, -0.25) is 14.9 Å². The van der Waals surface area contributed by atoms with Gasteiger partial charge in [0.15, 0.2) is 0 Å². The van der Waals surface area contributed by atoms with Gasteiger partial charge in [0.2, 0.25) is 0 Å². The van der Waals surface area contributed by atoms with Gasteiger partial charge in [-0.15, -0.1) is 0 Å². The van der Waals surface area contributed by atoms with Crippen molar-refractivity contribution in [1.29, 1.82) is 5.26 Å². The van der Waals surface area contributed by atoms with Gasteiger partial charge in [-0.2, -0.15) is 5.26 Å². The van der Waals surface area contributed by atoms with Crippen LogP contribution in [0.4, 0.5) is 11.4 Å². The van der Waals surface area contributed by atoms with Crippen molar-refractivity contribution in [3.63, 3.8) is 0 Å².